The van der Waals surface area contributed by atoms with E-state index in [2.05, 4.69) is 11.1 Å². The van der Waals surface area contributed by atoms with E-state index in [9.17, 15) is 0 Å². The second kappa shape index (κ2) is 3.24. The fourth-order valence-electron chi connectivity index (χ4n) is 1.66. The molecule has 15 heavy (non-hydrogen) atoms. The zero-order valence-corrected chi connectivity index (χ0v) is 8.05. The molecule has 3 aromatic rings. The highest BCUT2D eigenvalue weighted by Crippen LogP contribution is 2.23. The molecule has 2 nitrogen and oxygen atoms in total. The van der Waals surface area contributed by atoms with Crippen molar-refractivity contribution in [3.8, 4) is 11.3 Å². The molecule has 0 fully saturated rings. The van der Waals surface area contributed by atoms with Crippen molar-refractivity contribution in [1.29, 1.82) is 0 Å². The molecule has 0 saturated heterocycles. The van der Waals surface area contributed by atoms with E-state index in [4.69, 9.17) is 4.42 Å². The number of nitrogens with zero attached hydrogens (tertiary/aromatic N) is 1. The first-order valence-corrected chi connectivity index (χ1v) is 4.82. The van der Waals surface area contributed by atoms with Crippen molar-refractivity contribution in [2.24, 2.45) is 0 Å². The maximum Gasteiger partial charge on any atom is 0.133 e. The molecule has 0 saturated carbocycles. The van der Waals surface area contributed by atoms with Crippen LogP contribution in [0.5, 0.6) is 0 Å². The summed E-state index contributed by atoms with van der Waals surface area (Å²) >= 11 is 0. The highest BCUT2D eigenvalue weighted by Gasteiger charge is 2.01. The van der Waals surface area contributed by atoms with Crippen molar-refractivity contribution in [2.75, 3.05) is 0 Å². The van der Waals surface area contributed by atoms with Crippen LogP contribution < -0.4 is 0 Å². The summed E-state index contributed by atoms with van der Waals surface area (Å²) in [4.78, 5) is 4.31. The van der Waals surface area contributed by atoms with Gasteiger partial charge in [-0.1, -0.05) is 18.2 Å². The van der Waals surface area contributed by atoms with Crippen LogP contribution in [0.15, 0.2) is 59.3 Å². The van der Waals surface area contributed by atoms with Crippen molar-refractivity contribution in [3.05, 3.63) is 54.9 Å². The van der Waals surface area contributed by atoms with Gasteiger partial charge in [0.15, 0.2) is 0 Å². The van der Waals surface area contributed by atoms with Crippen LogP contribution in [0, 0.1) is 0 Å². The molecule has 72 valence electrons. The van der Waals surface area contributed by atoms with Crippen molar-refractivity contribution < 1.29 is 4.42 Å². The van der Waals surface area contributed by atoms with Gasteiger partial charge in [-0.05, 0) is 24.3 Å². The molecule has 0 aliphatic rings. The zero-order chi connectivity index (χ0) is 10.1. The molecule has 0 aliphatic carbocycles. The summed E-state index contributed by atoms with van der Waals surface area (Å²) in [6.07, 6.45) is 3.48. The third-order valence-electron chi connectivity index (χ3n) is 2.41. The summed E-state index contributed by atoms with van der Waals surface area (Å²) in [6.45, 7) is 0. The first-order valence-electron chi connectivity index (χ1n) is 4.82. The lowest BCUT2D eigenvalue weighted by atomic mass is 10.1. The number of furan rings is 1. The van der Waals surface area contributed by atoms with Crippen LogP contribution in [0.3, 0.4) is 0 Å². The lowest BCUT2D eigenvalue weighted by Gasteiger charge is -1.99. The van der Waals surface area contributed by atoms with Crippen LogP contribution in [0.1, 0.15) is 0 Å². The fourth-order valence-corrected chi connectivity index (χ4v) is 1.66. The number of aromatic nitrogens is 1. The Morgan fingerprint density at radius 2 is 2.00 bits per heavy atom. The van der Waals surface area contributed by atoms with E-state index < -0.39 is 0 Å². The van der Waals surface area contributed by atoms with Crippen LogP contribution in [0.25, 0.3) is 22.2 Å². The summed E-state index contributed by atoms with van der Waals surface area (Å²) in [5, 5.41) is 1.15. The van der Waals surface area contributed by atoms with Gasteiger partial charge in [-0.2, -0.15) is 0 Å². The second-order valence-corrected chi connectivity index (χ2v) is 3.39. The van der Waals surface area contributed by atoms with Gasteiger partial charge in [0.2, 0.25) is 0 Å². The molecule has 2 heterocycles. The lowest BCUT2D eigenvalue weighted by molar-refractivity contribution is 0.582. The number of hydrogen-bond donors (Lipinski definition) is 0. The Bertz CT molecular complexity index is 584. The average Bonchev–Trinajstić information content (AvgIpc) is 2.82. The smallest absolute Gasteiger partial charge is 0.133 e. The van der Waals surface area contributed by atoms with Crippen molar-refractivity contribution in [1.82, 2.24) is 4.98 Å². The predicted octanol–water partition coefficient (Wildman–Crippen LogP) is 3.49. The minimum absolute atomic E-state index is 0.877. The Kier molecular flexibility index (Phi) is 1.78. The van der Waals surface area contributed by atoms with E-state index >= 15 is 0 Å². The Hall–Kier alpha value is -2.09. The highest BCUT2D eigenvalue weighted by molar-refractivity contribution is 5.83. The molecular formula is C13H9NO. The molecule has 0 atom stereocenters. The Morgan fingerprint density at radius 3 is 2.87 bits per heavy atom. The van der Waals surface area contributed by atoms with Crippen LogP contribution in [-0.4, -0.2) is 4.98 Å². The maximum atomic E-state index is 5.34. The maximum absolute atomic E-state index is 5.34. The van der Waals surface area contributed by atoms with Gasteiger partial charge in [0.1, 0.15) is 5.76 Å². The zero-order valence-electron chi connectivity index (χ0n) is 8.05. The monoisotopic (exact) mass is 195 g/mol. The van der Waals surface area contributed by atoms with Gasteiger partial charge in [-0.25, -0.2) is 0 Å². The van der Waals surface area contributed by atoms with E-state index in [1.807, 2.05) is 36.4 Å². The largest absolute Gasteiger partial charge is 0.464 e. The minimum Gasteiger partial charge on any atom is -0.464 e. The average molecular weight is 195 g/mol. The van der Waals surface area contributed by atoms with Crippen LogP contribution in [-0.2, 0) is 0 Å². The molecule has 0 unspecified atom stereocenters. The molecule has 2 heteroatoms. The Labute approximate surface area is 87.2 Å². The molecule has 0 N–H and O–H groups in total. The molecular weight excluding hydrogens is 186 g/mol. The van der Waals surface area contributed by atoms with Gasteiger partial charge in [0, 0.05) is 17.1 Å². The predicted molar refractivity (Wildman–Crippen MR) is 59.4 cm³/mol. The van der Waals surface area contributed by atoms with Gasteiger partial charge >= 0.3 is 0 Å². The third-order valence-corrected chi connectivity index (χ3v) is 2.41. The van der Waals surface area contributed by atoms with Crippen molar-refractivity contribution in [3.63, 3.8) is 0 Å². The number of fused-ring (bicyclic) bond motifs is 1. The summed E-state index contributed by atoms with van der Waals surface area (Å²) in [5.74, 6) is 0.877. The van der Waals surface area contributed by atoms with Gasteiger partial charge in [-0.3, -0.25) is 4.98 Å². The Morgan fingerprint density at radius 1 is 1.00 bits per heavy atom. The van der Waals surface area contributed by atoms with Crippen molar-refractivity contribution >= 4 is 10.9 Å². The molecule has 0 bridgehead atoms. The molecule has 0 spiro atoms. The molecule has 0 amide bonds. The fraction of sp³-hybridized carbons (Fsp3) is 0. The molecule has 3 rings (SSSR count). The van der Waals surface area contributed by atoms with E-state index in [0.717, 1.165) is 22.2 Å². The van der Waals surface area contributed by atoms with E-state index in [1.54, 1.807) is 12.5 Å². The third kappa shape index (κ3) is 1.40. The summed E-state index contributed by atoms with van der Waals surface area (Å²) in [7, 11) is 0. The minimum atomic E-state index is 0.877. The van der Waals surface area contributed by atoms with Crippen LogP contribution in [0.2, 0.25) is 0 Å². The quantitative estimate of drug-likeness (QED) is 0.594. The van der Waals surface area contributed by atoms with Crippen LogP contribution in [0.4, 0.5) is 0 Å². The molecule has 0 aliphatic heterocycles. The molecule has 0 radical (unpaired) electrons. The first kappa shape index (κ1) is 8.24. The van der Waals surface area contributed by atoms with Gasteiger partial charge < -0.3 is 4.42 Å². The SMILES string of the molecule is c1coc(-c2ccc3cccnc3c2)c1. The second-order valence-electron chi connectivity index (χ2n) is 3.39. The van der Waals surface area contributed by atoms with E-state index in [1.165, 1.54) is 0 Å². The van der Waals surface area contributed by atoms with E-state index in [0.29, 0.717) is 0 Å². The summed E-state index contributed by atoms with van der Waals surface area (Å²) in [5.41, 5.74) is 2.05. The standard InChI is InChI=1S/C13H9NO/c1-3-10-5-6-11(9-12(10)14-7-1)13-4-2-8-15-13/h1-9H. The molecule has 1 aromatic carbocycles. The number of rotatable bonds is 1. The summed E-state index contributed by atoms with van der Waals surface area (Å²) in [6, 6.07) is 14.0. The first-order chi connectivity index (χ1) is 7.43. The van der Waals surface area contributed by atoms with E-state index in [-0.39, 0.29) is 0 Å². The van der Waals surface area contributed by atoms with Crippen LogP contribution >= 0.6 is 0 Å². The lowest BCUT2D eigenvalue weighted by Crippen LogP contribution is -1.79. The summed E-state index contributed by atoms with van der Waals surface area (Å²) < 4.78 is 5.34. The normalized spacial score (nSPS) is 10.7. The number of pyridine rings is 1. The van der Waals surface area contributed by atoms with Gasteiger partial charge in [0.25, 0.3) is 0 Å². The van der Waals surface area contributed by atoms with Crippen molar-refractivity contribution in [2.45, 2.75) is 0 Å². The van der Waals surface area contributed by atoms with Gasteiger partial charge in [-0.15, -0.1) is 0 Å². The number of hydrogen-bond acceptors (Lipinski definition) is 2. The number of benzene rings is 1. The topological polar surface area (TPSA) is 26.0 Å². The molecule has 2 aromatic heterocycles. The highest BCUT2D eigenvalue weighted by atomic mass is 16.3. The van der Waals surface area contributed by atoms with Gasteiger partial charge in [0.05, 0.1) is 11.8 Å². The Balaban J connectivity index is 2.22.